The second-order valence-electron chi connectivity index (χ2n) is 4.80. The number of nitrogens with zero attached hydrogens (tertiary/aromatic N) is 1. The summed E-state index contributed by atoms with van der Waals surface area (Å²) in [5.41, 5.74) is 1.64. The van der Waals surface area contributed by atoms with Gasteiger partial charge in [-0.1, -0.05) is 6.92 Å². The molecule has 3 rings (SSSR count). The first kappa shape index (κ1) is 13.9. The number of hydrogen-bond donors (Lipinski definition) is 1. The van der Waals surface area contributed by atoms with E-state index in [0.717, 1.165) is 21.6 Å². The number of rotatable bonds is 3. The summed E-state index contributed by atoms with van der Waals surface area (Å²) in [6, 6.07) is 6.92. The summed E-state index contributed by atoms with van der Waals surface area (Å²) in [4.78, 5) is 16.0. The highest BCUT2D eigenvalue weighted by Gasteiger charge is 2.13. The summed E-state index contributed by atoms with van der Waals surface area (Å²) < 4.78 is 15.7. The van der Waals surface area contributed by atoms with Gasteiger partial charge in [-0.05, 0) is 30.0 Å². The summed E-state index contributed by atoms with van der Waals surface area (Å²) in [6.45, 7) is 2.06. The molecule has 2 heterocycles. The van der Waals surface area contributed by atoms with Gasteiger partial charge in [-0.2, -0.15) is 0 Å². The summed E-state index contributed by atoms with van der Waals surface area (Å²) in [7, 11) is 1.68. The van der Waals surface area contributed by atoms with Crippen molar-refractivity contribution in [3.63, 3.8) is 0 Å². The molecule has 0 saturated heterocycles. The van der Waals surface area contributed by atoms with Crippen LogP contribution in [0.15, 0.2) is 46.3 Å². The molecule has 2 aromatic heterocycles. The second kappa shape index (κ2) is 5.41. The Hall–Kier alpha value is -2.01. The van der Waals surface area contributed by atoms with E-state index in [-0.39, 0.29) is 11.4 Å². The third-order valence-corrected chi connectivity index (χ3v) is 4.31. The van der Waals surface area contributed by atoms with Crippen LogP contribution in [0.4, 0.5) is 4.39 Å². The number of halogens is 1. The van der Waals surface area contributed by atoms with Crippen LogP contribution in [-0.4, -0.2) is 15.3 Å². The SMILES string of the molecule is CCSc1ccc(F)c(-c2cn(C)c(=O)c3[nH]ccc23)c1. The van der Waals surface area contributed by atoms with Crippen molar-refractivity contribution in [3.05, 3.63) is 52.8 Å². The summed E-state index contributed by atoms with van der Waals surface area (Å²) in [6.07, 6.45) is 3.40. The quantitative estimate of drug-likeness (QED) is 0.748. The number of H-pyrrole nitrogens is 1. The minimum Gasteiger partial charge on any atom is -0.357 e. The van der Waals surface area contributed by atoms with Crippen LogP contribution in [0.25, 0.3) is 22.0 Å². The molecule has 3 nitrogen and oxygen atoms in total. The van der Waals surface area contributed by atoms with Crippen LogP contribution < -0.4 is 5.56 Å². The largest absolute Gasteiger partial charge is 0.357 e. The molecule has 1 aromatic carbocycles. The number of aryl methyl sites for hydroxylation is 1. The zero-order valence-corrected chi connectivity index (χ0v) is 12.6. The maximum atomic E-state index is 14.3. The number of fused-ring (bicyclic) bond motifs is 1. The molecule has 0 atom stereocenters. The van der Waals surface area contributed by atoms with Gasteiger partial charge in [-0.3, -0.25) is 4.79 Å². The number of aromatic amines is 1. The Labute approximate surface area is 125 Å². The van der Waals surface area contributed by atoms with Gasteiger partial charge in [-0.25, -0.2) is 4.39 Å². The highest BCUT2D eigenvalue weighted by molar-refractivity contribution is 7.99. The van der Waals surface area contributed by atoms with E-state index < -0.39 is 0 Å². The lowest BCUT2D eigenvalue weighted by Gasteiger charge is -2.09. The van der Waals surface area contributed by atoms with E-state index in [9.17, 15) is 9.18 Å². The average Bonchev–Trinajstić information content (AvgIpc) is 2.95. The van der Waals surface area contributed by atoms with Crippen molar-refractivity contribution in [1.29, 1.82) is 0 Å². The molecule has 0 aliphatic heterocycles. The average molecular weight is 302 g/mol. The fourth-order valence-corrected chi connectivity index (χ4v) is 3.15. The molecule has 0 bridgehead atoms. The molecule has 0 amide bonds. The minimum atomic E-state index is -0.281. The van der Waals surface area contributed by atoms with Gasteiger partial charge in [0.2, 0.25) is 0 Å². The van der Waals surface area contributed by atoms with Crippen LogP contribution in [0.3, 0.4) is 0 Å². The van der Waals surface area contributed by atoms with Gasteiger partial charge >= 0.3 is 0 Å². The molecule has 108 valence electrons. The molecule has 0 spiro atoms. The lowest BCUT2D eigenvalue weighted by Crippen LogP contribution is -2.16. The van der Waals surface area contributed by atoms with Gasteiger partial charge in [0, 0.05) is 40.8 Å². The van der Waals surface area contributed by atoms with Crippen LogP contribution in [0, 0.1) is 5.82 Å². The first-order valence-corrected chi connectivity index (χ1v) is 7.70. The molecule has 0 aliphatic carbocycles. The molecule has 0 fully saturated rings. The van der Waals surface area contributed by atoms with Crippen molar-refractivity contribution in [2.45, 2.75) is 11.8 Å². The number of thioether (sulfide) groups is 1. The topological polar surface area (TPSA) is 37.8 Å². The lowest BCUT2D eigenvalue weighted by atomic mass is 10.0. The van der Waals surface area contributed by atoms with E-state index in [0.29, 0.717) is 11.1 Å². The molecule has 21 heavy (non-hydrogen) atoms. The molecule has 0 saturated carbocycles. The molecule has 3 aromatic rings. The predicted molar refractivity (Wildman–Crippen MR) is 85.3 cm³/mol. The maximum Gasteiger partial charge on any atom is 0.274 e. The van der Waals surface area contributed by atoms with Crippen LogP contribution in [0.2, 0.25) is 0 Å². The van der Waals surface area contributed by atoms with Crippen LogP contribution in [-0.2, 0) is 7.05 Å². The van der Waals surface area contributed by atoms with Crippen LogP contribution in [0.5, 0.6) is 0 Å². The van der Waals surface area contributed by atoms with Crippen molar-refractivity contribution in [2.24, 2.45) is 7.05 Å². The summed E-state index contributed by atoms with van der Waals surface area (Å²) >= 11 is 1.66. The van der Waals surface area contributed by atoms with E-state index in [2.05, 4.69) is 11.9 Å². The van der Waals surface area contributed by atoms with Crippen LogP contribution in [0.1, 0.15) is 6.92 Å². The Morgan fingerprint density at radius 1 is 1.29 bits per heavy atom. The van der Waals surface area contributed by atoms with Crippen molar-refractivity contribution in [1.82, 2.24) is 9.55 Å². The smallest absolute Gasteiger partial charge is 0.274 e. The van der Waals surface area contributed by atoms with Gasteiger partial charge in [0.05, 0.1) is 0 Å². The van der Waals surface area contributed by atoms with Gasteiger partial charge in [0.25, 0.3) is 5.56 Å². The van der Waals surface area contributed by atoms with E-state index in [1.165, 1.54) is 10.6 Å². The number of pyridine rings is 1. The van der Waals surface area contributed by atoms with E-state index in [4.69, 9.17) is 0 Å². The minimum absolute atomic E-state index is 0.113. The van der Waals surface area contributed by atoms with Gasteiger partial charge in [0.1, 0.15) is 11.3 Å². The Balaban J connectivity index is 2.30. The lowest BCUT2D eigenvalue weighted by molar-refractivity contribution is 0.630. The fourth-order valence-electron chi connectivity index (χ4n) is 2.45. The number of aromatic nitrogens is 2. The number of hydrogen-bond acceptors (Lipinski definition) is 2. The number of benzene rings is 1. The molecule has 5 heteroatoms. The third kappa shape index (κ3) is 2.38. The monoisotopic (exact) mass is 302 g/mol. The summed E-state index contributed by atoms with van der Waals surface area (Å²) in [5.74, 6) is 0.648. The van der Waals surface area contributed by atoms with Gasteiger partial charge < -0.3 is 9.55 Å². The van der Waals surface area contributed by atoms with E-state index >= 15 is 0 Å². The molecule has 0 aliphatic rings. The fraction of sp³-hybridized carbons (Fsp3) is 0.188. The Morgan fingerprint density at radius 3 is 2.86 bits per heavy atom. The normalized spacial score (nSPS) is 11.2. The van der Waals surface area contributed by atoms with Gasteiger partial charge in [-0.15, -0.1) is 11.8 Å². The van der Waals surface area contributed by atoms with Crippen LogP contribution >= 0.6 is 11.8 Å². The highest BCUT2D eigenvalue weighted by Crippen LogP contribution is 2.31. The van der Waals surface area contributed by atoms with E-state index in [1.807, 2.05) is 12.1 Å². The molecule has 1 N–H and O–H groups in total. The first-order valence-electron chi connectivity index (χ1n) is 6.71. The van der Waals surface area contributed by atoms with Gasteiger partial charge in [0.15, 0.2) is 0 Å². The Kier molecular flexibility index (Phi) is 3.59. The predicted octanol–water partition coefficient (Wildman–Crippen LogP) is 3.78. The zero-order chi connectivity index (χ0) is 15.0. The van der Waals surface area contributed by atoms with Crippen molar-refractivity contribution in [2.75, 3.05) is 5.75 Å². The standard InChI is InChI=1S/C16H15FN2OS/c1-3-21-10-4-5-14(17)12(8-10)13-9-19(2)16(20)15-11(13)6-7-18-15/h4-9,18H,3H2,1-2H3. The molecule has 0 unspecified atom stereocenters. The highest BCUT2D eigenvalue weighted by atomic mass is 32.2. The first-order chi connectivity index (χ1) is 10.1. The molecule has 0 radical (unpaired) electrons. The Bertz CT molecular complexity index is 866. The molecular formula is C16H15FN2OS. The van der Waals surface area contributed by atoms with Crippen molar-refractivity contribution >= 4 is 22.7 Å². The zero-order valence-electron chi connectivity index (χ0n) is 11.8. The summed E-state index contributed by atoms with van der Waals surface area (Å²) in [5, 5.41) is 0.746. The third-order valence-electron chi connectivity index (χ3n) is 3.43. The van der Waals surface area contributed by atoms with Crippen molar-refractivity contribution in [3.8, 4) is 11.1 Å². The molecular weight excluding hydrogens is 287 g/mol. The number of nitrogens with one attached hydrogen (secondary N) is 1. The van der Waals surface area contributed by atoms with Crippen molar-refractivity contribution < 1.29 is 4.39 Å². The van der Waals surface area contributed by atoms with E-state index in [1.54, 1.807) is 37.3 Å². The second-order valence-corrected chi connectivity index (χ2v) is 6.14. The Morgan fingerprint density at radius 2 is 2.10 bits per heavy atom. The maximum absolute atomic E-state index is 14.3.